The standard InChI is InChI=1S/C10H16N4/c1-3-9(7-11-5-1)13-14-10-4-2-6-12-8-10/h1,3,7,10,12,14H,2,4-6,8H2. The van der Waals surface area contributed by atoms with Gasteiger partial charge < -0.3 is 10.7 Å². The minimum absolute atomic E-state index is 0.472. The van der Waals surface area contributed by atoms with Crippen LogP contribution in [0.4, 0.5) is 0 Å². The molecular weight excluding hydrogens is 176 g/mol. The second kappa shape index (κ2) is 4.91. The van der Waals surface area contributed by atoms with Gasteiger partial charge in [-0.15, -0.1) is 0 Å². The fourth-order valence-electron chi connectivity index (χ4n) is 1.62. The van der Waals surface area contributed by atoms with E-state index in [0.717, 1.165) is 25.3 Å². The highest BCUT2D eigenvalue weighted by atomic mass is 15.3. The minimum atomic E-state index is 0.472. The molecular formula is C10H16N4. The molecule has 1 fully saturated rings. The Balaban J connectivity index is 1.82. The topological polar surface area (TPSA) is 48.8 Å². The summed E-state index contributed by atoms with van der Waals surface area (Å²) >= 11 is 0. The van der Waals surface area contributed by atoms with Gasteiger partial charge in [0.1, 0.15) is 5.71 Å². The summed E-state index contributed by atoms with van der Waals surface area (Å²) in [4.78, 5) is 4.12. The number of rotatable bonds is 2. The average molecular weight is 192 g/mol. The molecule has 0 aromatic carbocycles. The number of piperidine rings is 1. The second-order valence-electron chi connectivity index (χ2n) is 3.61. The van der Waals surface area contributed by atoms with E-state index in [1.807, 2.05) is 18.4 Å². The van der Waals surface area contributed by atoms with Crippen molar-refractivity contribution >= 4 is 11.9 Å². The largest absolute Gasteiger partial charge is 0.315 e. The number of nitrogens with zero attached hydrogens (tertiary/aromatic N) is 2. The summed E-state index contributed by atoms with van der Waals surface area (Å²) in [6.45, 7) is 2.93. The van der Waals surface area contributed by atoms with Crippen molar-refractivity contribution in [1.82, 2.24) is 10.7 Å². The summed E-state index contributed by atoms with van der Waals surface area (Å²) in [6, 6.07) is 0.472. The molecule has 2 heterocycles. The number of hydrazone groups is 1. The third-order valence-corrected chi connectivity index (χ3v) is 2.40. The Morgan fingerprint density at radius 3 is 3.29 bits per heavy atom. The van der Waals surface area contributed by atoms with Gasteiger partial charge in [-0.2, -0.15) is 5.10 Å². The van der Waals surface area contributed by atoms with Crippen LogP contribution in [0, 0.1) is 0 Å². The van der Waals surface area contributed by atoms with Gasteiger partial charge in [-0.1, -0.05) is 6.08 Å². The van der Waals surface area contributed by atoms with E-state index in [2.05, 4.69) is 20.8 Å². The third-order valence-electron chi connectivity index (χ3n) is 2.40. The molecule has 0 aromatic heterocycles. The Bertz CT molecular complexity index is 247. The van der Waals surface area contributed by atoms with Crippen molar-refractivity contribution in [3.05, 3.63) is 12.2 Å². The summed E-state index contributed by atoms with van der Waals surface area (Å²) in [5, 5.41) is 7.64. The predicted molar refractivity (Wildman–Crippen MR) is 59.0 cm³/mol. The Morgan fingerprint density at radius 1 is 1.57 bits per heavy atom. The van der Waals surface area contributed by atoms with E-state index in [1.165, 1.54) is 12.8 Å². The van der Waals surface area contributed by atoms with E-state index >= 15 is 0 Å². The van der Waals surface area contributed by atoms with E-state index in [0.29, 0.717) is 6.04 Å². The molecule has 0 aliphatic carbocycles. The number of hydrogen-bond donors (Lipinski definition) is 2. The van der Waals surface area contributed by atoms with Gasteiger partial charge in [0.15, 0.2) is 0 Å². The van der Waals surface area contributed by atoms with Crippen LogP contribution in [0.25, 0.3) is 0 Å². The highest BCUT2D eigenvalue weighted by Crippen LogP contribution is 2.00. The fourth-order valence-corrected chi connectivity index (χ4v) is 1.62. The molecule has 0 bridgehead atoms. The number of dihydropyridines is 1. The molecule has 2 aliphatic rings. The first kappa shape index (κ1) is 9.40. The van der Waals surface area contributed by atoms with Crippen LogP contribution >= 0.6 is 0 Å². The van der Waals surface area contributed by atoms with Crippen molar-refractivity contribution in [2.75, 3.05) is 19.6 Å². The summed E-state index contributed by atoms with van der Waals surface area (Å²) < 4.78 is 0. The Morgan fingerprint density at radius 2 is 2.57 bits per heavy atom. The fraction of sp³-hybridized carbons (Fsp3) is 0.600. The van der Waals surface area contributed by atoms with Crippen molar-refractivity contribution in [3.8, 4) is 0 Å². The van der Waals surface area contributed by atoms with Crippen LogP contribution in [0.15, 0.2) is 22.2 Å². The maximum Gasteiger partial charge on any atom is 0.100 e. The van der Waals surface area contributed by atoms with Crippen LogP contribution in [0.1, 0.15) is 12.8 Å². The second-order valence-corrected chi connectivity index (χ2v) is 3.61. The lowest BCUT2D eigenvalue weighted by Gasteiger charge is -2.22. The van der Waals surface area contributed by atoms with Gasteiger partial charge in [-0.05, 0) is 25.5 Å². The van der Waals surface area contributed by atoms with E-state index in [-0.39, 0.29) is 0 Å². The molecule has 1 saturated heterocycles. The maximum atomic E-state index is 4.30. The molecule has 2 rings (SSSR count). The smallest absolute Gasteiger partial charge is 0.100 e. The summed E-state index contributed by atoms with van der Waals surface area (Å²) in [7, 11) is 0. The molecule has 0 saturated carbocycles. The summed E-state index contributed by atoms with van der Waals surface area (Å²) in [5.41, 5.74) is 4.09. The van der Waals surface area contributed by atoms with Crippen molar-refractivity contribution in [3.63, 3.8) is 0 Å². The van der Waals surface area contributed by atoms with Gasteiger partial charge in [-0.25, -0.2) is 0 Å². The monoisotopic (exact) mass is 192 g/mol. The van der Waals surface area contributed by atoms with Crippen LogP contribution in [0.2, 0.25) is 0 Å². The lowest BCUT2D eigenvalue weighted by atomic mass is 10.1. The zero-order valence-electron chi connectivity index (χ0n) is 8.24. The van der Waals surface area contributed by atoms with Gasteiger partial charge in [0.2, 0.25) is 0 Å². The van der Waals surface area contributed by atoms with Crippen molar-refractivity contribution in [2.24, 2.45) is 10.1 Å². The lowest BCUT2D eigenvalue weighted by molar-refractivity contribution is 0.398. The number of nitrogens with one attached hydrogen (secondary N) is 2. The van der Waals surface area contributed by atoms with Crippen LogP contribution in [-0.4, -0.2) is 37.6 Å². The van der Waals surface area contributed by atoms with Gasteiger partial charge in [-0.3, -0.25) is 4.99 Å². The quantitative estimate of drug-likeness (QED) is 0.619. The van der Waals surface area contributed by atoms with Gasteiger partial charge in [0.25, 0.3) is 0 Å². The van der Waals surface area contributed by atoms with E-state index in [1.54, 1.807) is 0 Å². The molecule has 0 amide bonds. The van der Waals surface area contributed by atoms with E-state index in [4.69, 9.17) is 0 Å². The molecule has 4 nitrogen and oxygen atoms in total. The van der Waals surface area contributed by atoms with Crippen LogP contribution in [0.3, 0.4) is 0 Å². The molecule has 0 aromatic rings. The molecule has 2 N–H and O–H groups in total. The first-order valence-electron chi connectivity index (χ1n) is 5.15. The van der Waals surface area contributed by atoms with Crippen molar-refractivity contribution in [1.29, 1.82) is 0 Å². The number of hydrogen-bond acceptors (Lipinski definition) is 4. The zero-order chi connectivity index (χ0) is 9.64. The lowest BCUT2D eigenvalue weighted by Crippen LogP contribution is -2.41. The molecule has 76 valence electrons. The van der Waals surface area contributed by atoms with E-state index < -0.39 is 0 Å². The minimum Gasteiger partial charge on any atom is -0.315 e. The zero-order valence-corrected chi connectivity index (χ0v) is 8.24. The molecule has 4 heteroatoms. The Kier molecular flexibility index (Phi) is 3.29. The first-order valence-corrected chi connectivity index (χ1v) is 5.15. The molecule has 14 heavy (non-hydrogen) atoms. The molecule has 2 aliphatic heterocycles. The third kappa shape index (κ3) is 2.67. The predicted octanol–water partition coefficient (Wildman–Crippen LogP) is 0.325. The number of allylic oxidation sites excluding steroid dienone is 1. The van der Waals surface area contributed by atoms with Crippen molar-refractivity contribution < 1.29 is 0 Å². The Labute approximate surface area is 84.2 Å². The average Bonchev–Trinajstić information content (AvgIpc) is 2.29. The molecule has 1 unspecified atom stereocenters. The van der Waals surface area contributed by atoms with E-state index in [9.17, 15) is 0 Å². The first-order chi connectivity index (χ1) is 6.95. The van der Waals surface area contributed by atoms with Gasteiger partial charge >= 0.3 is 0 Å². The highest BCUT2D eigenvalue weighted by Gasteiger charge is 2.11. The van der Waals surface area contributed by atoms with Gasteiger partial charge in [0, 0.05) is 12.8 Å². The maximum absolute atomic E-state index is 4.30. The van der Waals surface area contributed by atoms with Crippen LogP contribution in [-0.2, 0) is 0 Å². The SMILES string of the molecule is C1=CC(=NNC2CCCNC2)C=NC1. The summed E-state index contributed by atoms with van der Waals surface area (Å²) in [5.74, 6) is 0. The Hall–Kier alpha value is -1.16. The normalized spacial score (nSPS) is 29.4. The summed E-state index contributed by atoms with van der Waals surface area (Å²) in [6.07, 6.45) is 8.25. The van der Waals surface area contributed by atoms with Crippen LogP contribution in [0.5, 0.6) is 0 Å². The highest BCUT2D eigenvalue weighted by molar-refractivity contribution is 6.36. The molecule has 0 radical (unpaired) electrons. The number of aliphatic imine (C=N–C) groups is 1. The van der Waals surface area contributed by atoms with Crippen molar-refractivity contribution in [2.45, 2.75) is 18.9 Å². The molecule has 0 spiro atoms. The molecule has 1 atom stereocenters. The van der Waals surface area contributed by atoms with Crippen LogP contribution < -0.4 is 10.7 Å². The van der Waals surface area contributed by atoms with Gasteiger partial charge in [0.05, 0.1) is 12.6 Å².